The van der Waals surface area contributed by atoms with Crippen LogP contribution in [-0.2, 0) is 11.3 Å². The zero-order valence-electron chi connectivity index (χ0n) is 11.3. The van der Waals surface area contributed by atoms with Crippen molar-refractivity contribution in [1.82, 2.24) is 15.2 Å². The zero-order valence-corrected chi connectivity index (χ0v) is 12.2. The maximum absolute atomic E-state index is 9.86. The number of nitrogens with one attached hydrogen (secondary N) is 1. The number of aryl methyl sites for hydroxylation is 1. The molecule has 5 nitrogen and oxygen atoms in total. The van der Waals surface area contributed by atoms with Gasteiger partial charge in [-0.15, -0.1) is 11.3 Å². The summed E-state index contributed by atoms with van der Waals surface area (Å²) in [6.45, 7) is 5.54. The topological polar surface area (TPSA) is 57.6 Å². The lowest BCUT2D eigenvalue weighted by Crippen LogP contribution is -2.37. The Kier molecular flexibility index (Phi) is 7.38. The maximum Gasteiger partial charge on any atom is 0.0798 e. The second-order valence-corrected chi connectivity index (χ2v) is 5.35. The molecular formula is C12H23N3O2S. The molecule has 0 radical (unpaired) electrons. The number of rotatable bonds is 9. The van der Waals surface area contributed by atoms with E-state index in [1.54, 1.807) is 18.4 Å². The van der Waals surface area contributed by atoms with Gasteiger partial charge in [-0.3, -0.25) is 4.90 Å². The first-order chi connectivity index (χ1) is 8.63. The molecule has 0 spiro atoms. The number of likely N-dealkylation sites (N-methyl/N-ethyl adjacent to an activating group) is 1. The zero-order chi connectivity index (χ0) is 13.4. The molecule has 0 fully saturated rings. The molecule has 0 aliphatic heterocycles. The van der Waals surface area contributed by atoms with E-state index in [1.165, 1.54) is 4.88 Å². The normalized spacial score (nSPS) is 13.2. The summed E-state index contributed by atoms with van der Waals surface area (Å²) in [4.78, 5) is 7.60. The Balaban J connectivity index is 2.19. The summed E-state index contributed by atoms with van der Waals surface area (Å²) in [5, 5.41) is 13.0. The number of ether oxygens (including phenoxy) is 1. The highest BCUT2D eigenvalue weighted by molar-refractivity contribution is 7.09. The Bertz CT molecular complexity index is 333. The van der Waals surface area contributed by atoms with E-state index in [0.29, 0.717) is 19.7 Å². The third kappa shape index (κ3) is 5.88. The third-order valence-corrected chi connectivity index (χ3v) is 3.56. The monoisotopic (exact) mass is 273 g/mol. The van der Waals surface area contributed by atoms with Crippen molar-refractivity contribution in [2.75, 3.05) is 40.4 Å². The molecule has 18 heavy (non-hydrogen) atoms. The van der Waals surface area contributed by atoms with Gasteiger partial charge in [-0.05, 0) is 14.0 Å². The molecule has 104 valence electrons. The van der Waals surface area contributed by atoms with Crippen LogP contribution in [0.3, 0.4) is 0 Å². The van der Waals surface area contributed by atoms with E-state index < -0.39 is 0 Å². The van der Waals surface area contributed by atoms with Crippen LogP contribution in [0.2, 0.25) is 0 Å². The molecule has 2 N–H and O–H groups in total. The standard InChI is InChI=1S/C12H23N3O2S/c1-10-12(18-9-14-10)8-15(2)7-11(16)6-13-4-5-17-3/h9,11,13,16H,4-8H2,1-3H3. The van der Waals surface area contributed by atoms with Crippen molar-refractivity contribution >= 4 is 11.3 Å². The average Bonchev–Trinajstić information content (AvgIpc) is 2.70. The van der Waals surface area contributed by atoms with E-state index in [-0.39, 0.29) is 6.10 Å². The van der Waals surface area contributed by atoms with Gasteiger partial charge in [-0.25, -0.2) is 4.98 Å². The van der Waals surface area contributed by atoms with Crippen molar-refractivity contribution in [3.8, 4) is 0 Å². The maximum atomic E-state index is 9.86. The first-order valence-electron chi connectivity index (χ1n) is 6.08. The second kappa shape index (κ2) is 8.55. The highest BCUT2D eigenvalue weighted by Gasteiger charge is 2.10. The van der Waals surface area contributed by atoms with Crippen LogP contribution in [0.15, 0.2) is 5.51 Å². The molecule has 1 heterocycles. The van der Waals surface area contributed by atoms with Gasteiger partial charge in [0, 0.05) is 38.2 Å². The van der Waals surface area contributed by atoms with Crippen LogP contribution < -0.4 is 5.32 Å². The van der Waals surface area contributed by atoms with Gasteiger partial charge in [0.1, 0.15) is 0 Å². The third-order valence-electron chi connectivity index (χ3n) is 2.64. The van der Waals surface area contributed by atoms with Crippen LogP contribution in [0.4, 0.5) is 0 Å². The van der Waals surface area contributed by atoms with Crippen molar-refractivity contribution in [2.24, 2.45) is 0 Å². The van der Waals surface area contributed by atoms with Gasteiger partial charge in [-0.1, -0.05) is 0 Å². The largest absolute Gasteiger partial charge is 0.390 e. The molecule has 1 unspecified atom stereocenters. The Labute approximate surface area is 113 Å². The highest BCUT2D eigenvalue weighted by Crippen LogP contribution is 2.14. The van der Waals surface area contributed by atoms with E-state index in [0.717, 1.165) is 18.8 Å². The molecule has 6 heteroatoms. The van der Waals surface area contributed by atoms with Gasteiger partial charge in [0.2, 0.25) is 0 Å². The fourth-order valence-corrected chi connectivity index (χ4v) is 2.51. The lowest BCUT2D eigenvalue weighted by molar-refractivity contribution is 0.118. The van der Waals surface area contributed by atoms with Crippen molar-refractivity contribution in [3.63, 3.8) is 0 Å². The predicted molar refractivity (Wildman–Crippen MR) is 73.9 cm³/mol. The van der Waals surface area contributed by atoms with Crippen molar-refractivity contribution in [1.29, 1.82) is 0 Å². The first-order valence-corrected chi connectivity index (χ1v) is 6.96. The van der Waals surface area contributed by atoms with Gasteiger partial charge >= 0.3 is 0 Å². The quantitative estimate of drug-likeness (QED) is 0.641. The summed E-state index contributed by atoms with van der Waals surface area (Å²) in [7, 11) is 3.68. The second-order valence-electron chi connectivity index (χ2n) is 4.41. The highest BCUT2D eigenvalue weighted by atomic mass is 32.1. The molecule has 0 aliphatic carbocycles. The number of hydrogen-bond acceptors (Lipinski definition) is 6. The number of aliphatic hydroxyl groups is 1. The molecule has 1 aromatic rings. The Morgan fingerprint density at radius 1 is 1.61 bits per heavy atom. The Morgan fingerprint density at radius 2 is 2.39 bits per heavy atom. The van der Waals surface area contributed by atoms with E-state index in [9.17, 15) is 5.11 Å². The van der Waals surface area contributed by atoms with Crippen molar-refractivity contribution < 1.29 is 9.84 Å². The van der Waals surface area contributed by atoms with Crippen LogP contribution in [0, 0.1) is 6.92 Å². The molecule has 0 saturated heterocycles. The summed E-state index contributed by atoms with van der Waals surface area (Å²) in [5.41, 5.74) is 2.95. The SMILES string of the molecule is COCCNCC(O)CN(C)Cc1scnc1C. The summed E-state index contributed by atoms with van der Waals surface area (Å²) < 4.78 is 4.93. The Hall–Kier alpha value is -0.530. The van der Waals surface area contributed by atoms with Gasteiger partial charge in [-0.2, -0.15) is 0 Å². The summed E-state index contributed by atoms with van der Waals surface area (Å²) >= 11 is 1.66. The number of methoxy groups -OCH3 is 1. The van der Waals surface area contributed by atoms with Gasteiger partial charge in [0.05, 0.1) is 23.9 Å². The molecule has 0 amide bonds. The Morgan fingerprint density at radius 3 is 3.00 bits per heavy atom. The van der Waals surface area contributed by atoms with Crippen molar-refractivity contribution in [3.05, 3.63) is 16.1 Å². The van der Waals surface area contributed by atoms with E-state index in [4.69, 9.17) is 4.74 Å². The van der Waals surface area contributed by atoms with E-state index in [2.05, 4.69) is 15.2 Å². The summed E-state index contributed by atoms with van der Waals surface area (Å²) in [5.74, 6) is 0. The average molecular weight is 273 g/mol. The van der Waals surface area contributed by atoms with Crippen LogP contribution in [0.1, 0.15) is 10.6 Å². The van der Waals surface area contributed by atoms with Crippen molar-refractivity contribution in [2.45, 2.75) is 19.6 Å². The minimum atomic E-state index is -0.361. The predicted octanol–water partition coefficient (Wildman–Crippen LogP) is 0.480. The van der Waals surface area contributed by atoms with Crippen LogP contribution in [0.5, 0.6) is 0 Å². The fourth-order valence-electron chi connectivity index (χ4n) is 1.65. The van der Waals surface area contributed by atoms with Crippen LogP contribution in [0.25, 0.3) is 0 Å². The number of nitrogens with zero attached hydrogens (tertiary/aromatic N) is 2. The number of hydrogen-bond donors (Lipinski definition) is 2. The number of aliphatic hydroxyl groups excluding tert-OH is 1. The molecule has 0 aromatic carbocycles. The van der Waals surface area contributed by atoms with Gasteiger partial charge < -0.3 is 15.2 Å². The molecule has 1 aromatic heterocycles. The molecule has 0 bridgehead atoms. The van der Waals surface area contributed by atoms with Crippen LogP contribution in [-0.4, -0.2) is 61.5 Å². The lowest BCUT2D eigenvalue weighted by atomic mass is 10.3. The molecule has 0 saturated carbocycles. The number of aromatic nitrogens is 1. The van der Waals surface area contributed by atoms with E-state index >= 15 is 0 Å². The van der Waals surface area contributed by atoms with Gasteiger partial charge in [0.25, 0.3) is 0 Å². The molecule has 1 rings (SSSR count). The fraction of sp³-hybridized carbons (Fsp3) is 0.750. The molecular weight excluding hydrogens is 250 g/mol. The first kappa shape index (κ1) is 15.5. The van der Waals surface area contributed by atoms with Crippen LogP contribution >= 0.6 is 11.3 Å². The number of thiazole rings is 1. The smallest absolute Gasteiger partial charge is 0.0798 e. The lowest BCUT2D eigenvalue weighted by Gasteiger charge is -2.20. The van der Waals surface area contributed by atoms with E-state index in [1.807, 2.05) is 19.5 Å². The summed E-state index contributed by atoms with van der Waals surface area (Å²) in [6, 6.07) is 0. The van der Waals surface area contributed by atoms with Gasteiger partial charge in [0.15, 0.2) is 0 Å². The minimum Gasteiger partial charge on any atom is -0.390 e. The molecule has 0 aliphatic rings. The minimum absolute atomic E-state index is 0.361. The summed E-state index contributed by atoms with van der Waals surface area (Å²) in [6.07, 6.45) is -0.361. The molecule has 1 atom stereocenters.